The fraction of sp³-hybridized carbons (Fsp3) is 0.353. The summed E-state index contributed by atoms with van der Waals surface area (Å²) >= 11 is 0. The Labute approximate surface area is 115 Å². The van der Waals surface area contributed by atoms with E-state index in [1.807, 2.05) is 25.3 Å². The van der Waals surface area contributed by atoms with E-state index >= 15 is 0 Å². The van der Waals surface area contributed by atoms with Crippen molar-refractivity contribution < 1.29 is 4.74 Å². The van der Waals surface area contributed by atoms with Crippen molar-refractivity contribution in [3.63, 3.8) is 0 Å². The van der Waals surface area contributed by atoms with Crippen molar-refractivity contribution in [2.75, 3.05) is 6.61 Å². The molecular weight excluding hydrogens is 234 g/mol. The second kappa shape index (κ2) is 6.37. The van der Waals surface area contributed by atoms with Crippen molar-refractivity contribution in [1.82, 2.24) is 4.98 Å². The molecule has 2 aromatic rings. The zero-order valence-electron chi connectivity index (χ0n) is 11.9. The molecule has 0 saturated heterocycles. The average Bonchev–Trinajstić information content (AvgIpc) is 2.48. The molecule has 0 aliphatic heterocycles. The molecule has 1 heterocycles. The first-order valence-corrected chi connectivity index (χ1v) is 6.92. The molecule has 0 N–H and O–H groups in total. The fourth-order valence-corrected chi connectivity index (χ4v) is 2.09. The summed E-state index contributed by atoms with van der Waals surface area (Å²) in [5.41, 5.74) is 3.66. The maximum atomic E-state index is 5.46. The van der Waals surface area contributed by atoms with Crippen molar-refractivity contribution >= 4 is 0 Å². The Morgan fingerprint density at radius 2 is 1.79 bits per heavy atom. The number of hydrogen-bond acceptors (Lipinski definition) is 2. The van der Waals surface area contributed by atoms with E-state index in [9.17, 15) is 0 Å². The second-order valence-corrected chi connectivity index (χ2v) is 4.67. The zero-order chi connectivity index (χ0) is 13.7. The largest absolute Gasteiger partial charge is 0.494 e. The van der Waals surface area contributed by atoms with Crippen LogP contribution in [0.25, 0.3) is 0 Å². The molecule has 0 aliphatic rings. The molecule has 0 bridgehead atoms. The molecule has 0 saturated carbocycles. The third kappa shape index (κ3) is 3.34. The monoisotopic (exact) mass is 255 g/mol. The van der Waals surface area contributed by atoms with Gasteiger partial charge >= 0.3 is 0 Å². The van der Waals surface area contributed by atoms with Gasteiger partial charge in [-0.2, -0.15) is 0 Å². The summed E-state index contributed by atoms with van der Waals surface area (Å²) in [5, 5.41) is 0. The quantitative estimate of drug-likeness (QED) is 0.799. The number of benzene rings is 1. The molecule has 0 aliphatic carbocycles. The van der Waals surface area contributed by atoms with Gasteiger partial charge in [0.15, 0.2) is 0 Å². The topological polar surface area (TPSA) is 22.1 Å². The van der Waals surface area contributed by atoms with Gasteiger partial charge in [-0.1, -0.05) is 32.0 Å². The van der Waals surface area contributed by atoms with Crippen LogP contribution in [0.3, 0.4) is 0 Å². The molecule has 1 aromatic carbocycles. The first kappa shape index (κ1) is 13.6. The molecule has 1 atom stereocenters. The zero-order valence-corrected chi connectivity index (χ0v) is 11.9. The number of nitrogens with zero attached hydrogens (tertiary/aromatic N) is 1. The van der Waals surface area contributed by atoms with Crippen LogP contribution in [-0.2, 0) is 6.42 Å². The highest BCUT2D eigenvalue weighted by molar-refractivity contribution is 5.33. The van der Waals surface area contributed by atoms with Crippen LogP contribution in [0.15, 0.2) is 42.6 Å². The van der Waals surface area contributed by atoms with Crippen molar-refractivity contribution in [1.29, 1.82) is 0 Å². The van der Waals surface area contributed by atoms with Gasteiger partial charge < -0.3 is 4.74 Å². The standard InChI is InChI=1S/C17H21NO/c1-4-14-6-11-17(18-12-14)13(3)15-7-9-16(10-8-15)19-5-2/h6-13H,4-5H2,1-3H3. The molecule has 2 heteroatoms. The van der Waals surface area contributed by atoms with Gasteiger partial charge in [0, 0.05) is 17.8 Å². The van der Waals surface area contributed by atoms with Crippen LogP contribution < -0.4 is 4.74 Å². The van der Waals surface area contributed by atoms with Crippen LogP contribution in [0.4, 0.5) is 0 Å². The molecule has 1 unspecified atom stereocenters. The summed E-state index contributed by atoms with van der Waals surface area (Å²) in [6, 6.07) is 12.6. The Kier molecular flexibility index (Phi) is 4.56. The Morgan fingerprint density at radius 1 is 1.05 bits per heavy atom. The normalized spacial score (nSPS) is 12.2. The predicted octanol–water partition coefficient (Wildman–Crippen LogP) is 4.19. The minimum atomic E-state index is 0.307. The lowest BCUT2D eigenvalue weighted by atomic mass is 9.97. The van der Waals surface area contributed by atoms with Gasteiger partial charge in [0.2, 0.25) is 0 Å². The van der Waals surface area contributed by atoms with Gasteiger partial charge in [-0.3, -0.25) is 4.98 Å². The molecule has 1 aromatic heterocycles. The van der Waals surface area contributed by atoms with Gasteiger partial charge in [-0.15, -0.1) is 0 Å². The summed E-state index contributed by atoms with van der Waals surface area (Å²) in [5.74, 6) is 1.23. The third-order valence-corrected chi connectivity index (χ3v) is 3.39. The van der Waals surface area contributed by atoms with E-state index in [1.165, 1.54) is 11.1 Å². The Balaban J connectivity index is 2.15. The van der Waals surface area contributed by atoms with E-state index in [2.05, 4.69) is 43.1 Å². The molecule has 2 rings (SSSR count). The van der Waals surface area contributed by atoms with E-state index in [1.54, 1.807) is 0 Å². The SMILES string of the molecule is CCOc1ccc(C(C)c2ccc(CC)cn2)cc1. The summed E-state index contributed by atoms with van der Waals surface area (Å²) in [7, 11) is 0. The maximum Gasteiger partial charge on any atom is 0.119 e. The Bertz CT molecular complexity index is 502. The molecular formula is C17H21NO. The molecule has 19 heavy (non-hydrogen) atoms. The number of pyridine rings is 1. The number of aryl methyl sites for hydroxylation is 1. The first-order chi connectivity index (χ1) is 9.24. The number of aromatic nitrogens is 1. The minimum Gasteiger partial charge on any atom is -0.494 e. The molecule has 0 spiro atoms. The van der Waals surface area contributed by atoms with Crippen LogP contribution in [0, 0.1) is 0 Å². The van der Waals surface area contributed by atoms with Crippen molar-refractivity contribution in [3.8, 4) is 5.75 Å². The van der Waals surface area contributed by atoms with Crippen molar-refractivity contribution in [2.45, 2.75) is 33.1 Å². The smallest absolute Gasteiger partial charge is 0.119 e. The van der Waals surface area contributed by atoms with E-state index < -0.39 is 0 Å². The molecule has 0 amide bonds. The van der Waals surface area contributed by atoms with Gasteiger partial charge in [-0.05, 0) is 42.7 Å². The average molecular weight is 255 g/mol. The molecule has 100 valence electrons. The number of ether oxygens (including phenoxy) is 1. The van der Waals surface area contributed by atoms with E-state index in [0.29, 0.717) is 12.5 Å². The van der Waals surface area contributed by atoms with Gasteiger partial charge in [0.05, 0.1) is 6.61 Å². The summed E-state index contributed by atoms with van der Waals surface area (Å²) < 4.78 is 5.46. The highest BCUT2D eigenvalue weighted by Gasteiger charge is 2.09. The lowest BCUT2D eigenvalue weighted by molar-refractivity contribution is 0.340. The van der Waals surface area contributed by atoms with Gasteiger partial charge in [0.25, 0.3) is 0 Å². The lowest BCUT2D eigenvalue weighted by Crippen LogP contribution is -2.00. The van der Waals surface area contributed by atoms with Crippen LogP contribution in [0.5, 0.6) is 5.75 Å². The fourth-order valence-electron chi connectivity index (χ4n) is 2.09. The second-order valence-electron chi connectivity index (χ2n) is 4.67. The predicted molar refractivity (Wildman–Crippen MR) is 78.7 cm³/mol. The summed E-state index contributed by atoms with van der Waals surface area (Å²) in [4.78, 5) is 4.55. The molecule has 0 radical (unpaired) electrons. The lowest BCUT2D eigenvalue weighted by Gasteiger charge is -2.12. The number of hydrogen-bond donors (Lipinski definition) is 0. The highest BCUT2D eigenvalue weighted by Crippen LogP contribution is 2.24. The number of rotatable bonds is 5. The van der Waals surface area contributed by atoms with Gasteiger partial charge in [0.1, 0.15) is 5.75 Å². The van der Waals surface area contributed by atoms with Crippen LogP contribution in [0.2, 0.25) is 0 Å². The first-order valence-electron chi connectivity index (χ1n) is 6.92. The van der Waals surface area contributed by atoms with Crippen LogP contribution in [-0.4, -0.2) is 11.6 Å². The van der Waals surface area contributed by atoms with Gasteiger partial charge in [-0.25, -0.2) is 0 Å². The van der Waals surface area contributed by atoms with E-state index in [-0.39, 0.29) is 0 Å². The van der Waals surface area contributed by atoms with Crippen LogP contribution >= 0.6 is 0 Å². The minimum absolute atomic E-state index is 0.307. The molecule has 0 fully saturated rings. The highest BCUT2D eigenvalue weighted by atomic mass is 16.5. The van der Waals surface area contributed by atoms with Crippen LogP contribution in [0.1, 0.15) is 43.5 Å². The van der Waals surface area contributed by atoms with Crippen molar-refractivity contribution in [2.24, 2.45) is 0 Å². The maximum absolute atomic E-state index is 5.46. The van der Waals surface area contributed by atoms with E-state index in [4.69, 9.17) is 4.74 Å². The Hall–Kier alpha value is -1.83. The van der Waals surface area contributed by atoms with Crippen molar-refractivity contribution in [3.05, 3.63) is 59.4 Å². The Morgan fingerprint density at radius 3 is 2.32 bits per heavy atom. The third-order valence-electron chi connectivity index (χ3n) is 3.39. The summed E-state index contributed by atoms with van der Waals surface area (Å²) in [6.45, 7) is 7.03. The van der Waals surface area contributed by atoms with E-state index in [0.717, 1.165) is 17.9 Å². The molecule has 2 nitrogen and oxygen atoms in total. The summed E-state index contributed by atoms with van der Waals surface area (Å²) in [6.07, 6.45) is 3.01.